The summed E-state index contributed by atoms with van der Waals surface area (Å²) in [5.41, 5.74) is 7.93. The van der Waals surface area contributed by atoms with Crippen LogP contribution in [0.4, 0.5) is 0 Å². The first-order valence-corrected chi connectivity index (χ1v) is 6.73. The van der Waals surface area contributed by atoms with Gasteiger partial charge in [-0.25, -0.2) is 0 Å². The van der Waals surface area contributed by atoms with Gasteiger partial charge in [0.15, 0.2) is 0 Å². The minimum Gasteiger partial charge on any atom is -0.472 e. The van der Waals surface area contributed by atoms with E-state index in [0.717, 1.165) is 17.7 Å². The minimum atomic E-state index is 0.0149. The van der Waals surface area contributed by atoms with Crippen LogP contribution in [-0.2, 0) is 6.54 Å². The molecule has 0 radical (unpaired) electrons. The number of hydrogen-bond donors (Lipinski definition) is 1. The lowest BCUT2D eigenvalue weighted by atomic mass is 10.1. The maximum absolute atomic E-state index is 6.24. The van der Waals surface area contributed by atoms with Crippen LogP contribution in [0.2, 0.25) is 10.0 Å². The molecule has 0 spiro atoms. The normalized spacial score (nSPS) is 12.9. The van der Waals surface area contributed by atoms with Gasteiger partial charge in [-0.1, -0.05) is 23.2 Å². The monoisotopic (exact) mass is 298 g/mol. The highest BCUT2D eigenvalue weighted by atomic mass is 35.5. The zero-order chi connectivity index (χ0) is 13.8. The van der Waals surface area contributed by atoms with E-state index >= 15 is 0 Å². The Morgan fingerprint density at radius 1 is 1.32 bits per heavy atom. The number of nitrogens with two attached hydrogens (primary N) is 1. The largest absolute Gasteiger partial charge is 0.472 e. The van der Waals surface area contributed by atoms with E-state index < -0.39 is 0 Å². The van der Waals surface area contributed by atoms with Crippen LogP contribution in [-0.4, -0.2) is 18.5 Å². The molecule has 0 saturated carbocycles. The number of likely N-dealkylation sites (N-methyl/N-ethyl adjacent to an activating group) is 1. The molecule has 1 unspecified atom stereocenters. The summed E-state index contributed by atoms with van der Waals surface area (Å²) in [6, 6.07) is 7.39. The van der Waals surface area contributed by atoms with Crippen molar-refractivity contribution in [2.75, 3.05) is 13.6 Å². The van der Waals surface area contributed by atoms with Gasteiger partial charge in [0.25, 0.3) is 0 Å². The lowest BCUT2D eigenvalue weighted by Crippen LogP contribution is -2.30. The van der Waals surface area contributed by atoms with Gasteiger partial charge in [0.2, 0.25) is 0 Å². The molecule has 1 aromatic heterocycles. The molecule has 3 nitrogen and oxygen atoms in total. The second kappa shape index (κ2) is 6.44. The molecular formula is C14H16Cl2N2O. The summed E-state index contributed by atoms with van der Waals surface area (Å²) in [4.78, 5) is 2.13. The van der Waals surface area contributed by atoms with Gasteiger partial charge < -0.3 is 10.2 Å². The molecule has 0 fully saturated rings. The Hall–Kier alpha value is -1.000. The molecule has 0 saturated heterocycles. The molecule has 1 aromatic carbocycles. The minimum absolute atomic E-state index is 0.0149. The molecule has 102 valence electrons. The van der Waals surface area contributed by atoms with E-state index in [1.165, 1.54) is 0 Å². The van der Waals surface area contributed by atoms with Crippen LogP contribution in [0.5, 0.6) is 0 Å². The number of hydrogen-bond acceptors (Lipinski definition) is 3. The van der Waals surface area contributed by atoms with Gasteiger partial charge in [0.1, 0.15) is 0 Å². The van der Waals surface area contributed by atoms with Gasteiger partial charge in [0, 0.05) is 34.7 Å². The van der Waals surface area contributed by atoms with Gasteiger partial charge >= 0.3 is 0 Å². The SMILES string of the molecule is CN(Cc1ccoc1)C(CN)c1cc(Cl)ccc1Cl. The van der Waals surface area contributed by atoms with Crippen LogP contribution in [0.15, 0.2) is 41.2 Å². The molecule has 5 heteroatoms. The van der Waals surface area contributed by atoms with Crippen molar-refractivity contribution in [3.8, 4) is 0 Å². The van der Waals surface area contributed by atoms with E-state index in [-0.39, 0.29) is 6.04 Å². The second-order valence-electron chi connectivity index (χ2n) is 4.46. The maximum atomic E-state index is 6.24. The molecule has 0 aliphatic heterocycles. The Bertz CT molecular complexity index is 528. The predicted molar refractivity (Wildman–Crippen MR) is 78.4 cm³/mol. The summed E-state index contributed by atoms with van der Waals surface area (Å²) in [5, 5.41) is 1.34. The predicted octanol–water partition coefficient (Wildman–Crippen LogP) is 3.72. The molecule has 2 N–H and O–H groups in total. The fourth-order valence-electron chi connectivity index (χ4n) is 2.10. The summed E-state index contributed by atoms with van der Waals surface area (Å²) in [6.07, 6.45) is 3.39. The van der Waals surface area contributed by atoms with E-state index in [1.54, 1.807) is 24.7 Å². The van der Waals surface area contributed by atoms with E-state index in [1.807, 2.05) is 19.2 Å². The highest BCUT2D eigenvalue weighted by Crippen LogP contribution is 2.29. The van der Waals surface area contributed by atoms with Crippen LogP contribution in [0.1, 0.15) is 17.2 Å². The molecular weight excluding hydrogens is 283 g/mol. The quantitative estimate of drug-likeness (QED) is 0.915. The van der Waals surface area contributed by atoms with Crippen molar-refractivity contribution in [3.63, 3.8) is 0 Å². The Morgan fingerprint density at radius 2 is 2.11 bits per heavy atom. The lowest BCUT2D eigenvalue weighted by Gasteiger charge is -2.27. The molecule has 0 bridgehead atoms. The average Bonchev–Trinajstić information content (AvgIpc) is 2.87. The smallest absolute Gasteiger partial charge is 0.0947 e. The highest BCUT2D eigenvalue weighted by molar-refractivity contribution is 6.33. The van der Waals surface area contributed by atoms with Gasteiger partial charge in [-0.15, -0.1) is 0 Å². The summed E-state index contributed by atoms with van der Waals surface area (Å²) >= 11 is 12.3. The average molecular weight is 299 g/mol. The maximum Gasteiger partial charge on any atom is 0.0947 e. The van der Waals surface area contributed by atoms with Crippen LogP contribution in [0.3, 0.4) is 0 Å². The third kappa shape index (κ3) is 3.51. The number of furan rings is 1. The number of halogens is 2. The molecule has 2 aromatic rings. The molecule has 0 aliphatic rings. The van der Waals surface area contributed by atoms with Crippen LogP contribution in [0, 0.1) is 0 Å². The van der Waals surface area contributed by atoms with Crippen molar-refractivity contribution in [2.45, 2.75) is 12.6 Å². The highest BCUT2D eigenvalue weighted by Gasteiger charge is 2.19. The summed E-state index contributed by atoms with van der Waals surface area (Å²) in [5.74, 6) is 0. The number of benzene rings is 1. The zero-order valence-electron chi connectivity index (χ0n) is 10.6. The van der Waals surface area contributed by atoms with E-state index in [2.05, 4.69) is 4.90 Å². The van der Waals surface area contributed by atoms with Gasteiger partial charge in [-0.2, -0.15) is 0 Å². The van der Waals surface area contributed by atoms with Gasteiger partial charge in [0.05, 0.1) is 12.5 Å². The Morgan fingerprint density at radius 3 is 2.74 bits per heavy atom. The Labute approximate surface area is 122 Å². The van der Waals surface area contributed by atoms with Crippen molar-refractivity contribution in [2.24, 2.45) is 5.73 Å². The van der Waals surface area contributed by atoms with Gasteiger partial charge in [-0.3, -0.25) is 4.90 Å². The standard InChI is InChI=1S/C14H16Cl2N2O/c1-18(8-10-4-5-19-9-10)14(7-17)12-6-11(15)2-3-13(12)16/h2-6,9,14H,7-8,17H2,1H3. The van der Waals surface area contributed by atoms with Crippen molar-refractivity contribution in [1.29, 1.82) is 0 Å². The van der Waals surface area contributed by atoms with Crippen molar-refractivity contribution < 1.29 is 4.42 Å². The fraction of sp³-hybridized carbons (Fsp3) is 0.286. The van der Waals surface area contributed by atoms with Gasteiger partial charge in [-0.05, 0) is 36.9 Å². The third-order valence-corrected chi connectivity index (χ3v) is 3.66. The lowest BCUT2D eigenvalue weighted by molar-refractivity contribution is 0.241. The molecule has 0 aliphatic carbocycles. The summed E-state index contributed by atoms with van der Waals surface area (Å²) < 4.78 is 5.07. The van der Waals surface area contributed by atoms with Crippen molar-refractivity contribution >= 4 is 23.2 Å². The Balaban J connectivity index is 2.21. The topological polar surface area (TPSA) is 42.4 Å². The molecule has 1 atom stereocenters. The second-order valence-corrected chi connectivity index (χ2v) is 5.31. The summed E-state index contributed by atoms with van der Waals surface area (Å²) in [7, 11) is 2.00. The molecule has 19 heavy (non-hydrogen) atoms. The number of rotatable bonds is 5. The first-order chi connectivity index (χ1) is 9.11. The van der Waals surface area contributed by atoms with Crippen molar-refractivity contribution in [1.82, 2.24) is 4.90 Å². The molecule has 0 amide bonds. The van der Waals surface area contributed by atoms with Crippen molar-refractivity contribution in [3.05, 3.63) is 58.0 Å². The zero-order valence-corrected chi connectivity index (χ0v) is 12.2. The molecule has 1 heterocycles. The van der Waals surface area contributed by atoms with Crippen LogP contribution < -0.4 is 5.73 Å². The Kier molecular flexibility index (Phi) is 4.88. The van der Waals surface area contributed by atoms with Crippen LogP contribution in [0.25, 0.3) is 0 Å². The first-order valence-electron chi connectivity index (χ1n) is 5.98. The van der Waals surface area contributed by atoms with E-state index in [4.69, 9.17) is 33.4 Å². The van der Waals surface area contributed by atoms with Crippen LogP contribution >= 0.6 is 23.2 Å². The fourth-order valence-corrected chi connectivity index (χ4v) is 2.52. The van der Waals surface area contributed by atoms with E-state index in [9.17, 15) is 0 Å². The summed E-state index contributed by atoms with van der Waals surface area (Å²) in [6.45, 7) is 1.20. The molecule has 2 rings (SSSR count). The van der Waals surface area contributed by atoms with E-state index in [0.29, 0.717) is 16.6 Å². The number of nitrogens with zero attached hydrogens (tertiary/aromatic N) is 1. The third-order valence-electron chi connectivity index (χ3n) is 3.08. The first kappa shape index (κ1) is 14.4.